The average Bonchev–Trinajstić information content (AvgIpc) is 2.40. The van der Waals surface area contributed by atoms with Crippen LogP contribution in [0.5, 0.6) is 0 Å². The molecule has 0 rings (SSSR count). The Kier molecular flexibility index (Phi) is 190. The summed E-state index contributed by atoms with van der Waals surface area (Å²) in [7, 11) is 2.96. The molecule has 3 unspecified atom stereocenters. The first-order valence-electron chi connectivity index (χ1n) is 6.62. The molecule has 0 aromatic carbocycles. The third-order valence-electron chi connectivity index (χ3n) is 2.17. The van der Waals surface area contributed by atoms with E-state index in [2.05, 4.69) is 51.6 Å². The van der Waals surface area contributed by atoms with Crippen LogP contribution in [0, 0.1) is 0 Å². The Hall–Kier alpha value is 10.1. The van der Waals surface area contributed by atoms with Crippen molar-refractivity contribution in [2.24, 2.45) is 0 Å². The van der Waals surface area contributed by atoms with Crippen LogP contribution in [0.2, 0.25) is 0 Å². The standard InChI is InChI=1S/C7H17P3.C5H12P2.C2H5P.3W.6Y/c1-5-9(3)7-10(4)6-8-2;1-4-7(3)5-6-2;1-3-2;;;;;;;;;/h9-10H,2-7H2,1H3;7H,2-5H2,1H3;1H2,2H3;;;;;;;;;. The van der Waals surface area contributed by atoms with Gasteiger partial charge in [0.25, 0.3) is 0 Å². The van der Waals surface area contributed by atoms with Crippen molar-refractivity contribution in [1.29, 1.82) is 0 Å². The fourth-order valence-electron chi connectivity index (χ4n) is 0.962. The maximum atomic E-state index is 4.16. The van der Waals surface area contributed by atoms with Gasteiger partial charge in [-0.3, -0.25) is 0 Å². The predicted molar refractivity (Wildman–Crippen MR) is 130 cm³/mol. The first kappa shape index (κ1) is 77.3. The molecule has 3 atom stereocenters. The Morgan fingerprint density at radius 1 is 0.586 bits per heavy atom. The van der Waals surface area contributed by atoms with E-state index in [4.69, 9.17) is 0 Å². The molecule has 0 spiro atoms. The molecule has 29 heavy (non-hydrogen) atoms. The molecule has 0 nitrogen and oxygen atoms in total. The van der Waals surface area contributed by atoms with E-state index in [-0.39, 0.29) is 282 Å². The number of hydrogen-bond donors (Lipinski definition) is 0. The molecular weight excluding hydrogens is 1440 g/mol. The maximum Gasteiger partial charge on any atom is 0.00627 e. The smallest absolute Gasteiger partial charge is 0.00627 e. The van der Waals surface area contributed by atoms with Crippen LogP contribution < -0.4 is 0 Å². The molecular formula is C14H34P6W3Y6. The van der Waals surface area contributed by atoms with Gasteiger partial charge in [-0.05, 0) is 24.9 Å². The Labute approximate surface area is 385 Å². The van der Waals surface area contributed by atoms with E-state index in [0.717, 1.165) is 0 Å². The molecule has 0 aliphatic carbocycles. The van der Waals surface area contributed by atoms with Crippen LogP contribution in [0.4, 0.5) is 0 Å². The summed E-state index contributed by atoms with van der Waals surface area (Å²) in [6.45, 7) is 6.42. The topological polar surface area (TPSA) is 0 Å². The molecule has 0 heterocycles. The SMILES string of the molecule is C=PC.C=PC[PH](=C)CC.C=PC[PH](=C)C[PH](=C)CC.[W].[W].[W].[Y].[Y].[Y].[Y].[Y].[Y]. The maximum absolute atomic E-state index is 4.16. The summed E-state index contributed by atoms with van der Waals surface area (Å²) in [5.41, 5.74) is 0. The molecule has 0 bridgehead atoms. The zero-order valence-corrected chi connectivity index (χ0v) is 49.8. The third-order valence-corrected chi connectivity index (χ3v) is 13.5. The Morgan fingerprint density at radius 3 is 1.00 bits per heavy atom. The molecule has 0 saturated heterocycles. The van der Waals surface area contributed by atoms with Crippen molar-refractivity contribution in [3.63, 3.8) is 0 Å². The second-order valence-corrected chi connectivity index (χ2v) is 15.6. The molecule has 0 N–H and O–H groups in total. The summed E-state index contributed by atoms with van der Waals surface area (Å²) >= 11 is 0. The average molecular weight is 1470 g/mol. The molecule has 0 aliphatic heterocycles. The van der Waals surface area contributed by atoms with Crippen LogP contribution in [0.25, 0.3) is 0 Å². The van der Waals surface area contributed by atoms with Gasteiger partial charge < -0.3 is 0 Å². The minimum Gasteiger partial charge on any atom is -0.121 e. The minimum absolute atomic E-state index is 0. The summed E-state index contributed by atoms with van der Waals surface area (Å²) in [5, 5.41) is 0. The molecule has 0 aromatic rings. The molecule has 0 amide bonds. The largest absolute Gasteiger partial charge is 0.121 e. The quantitative estimate of drug-likeness (QED) is 0.280. The molecule has 6 radical (unpaired) electrons. The van der Waals surface area contributed by atoms with Gasteiger partial charge in [0.2, 0.25) is 0 Å². The molecule has 156 valence electrons. The van der Waals surface area contributed by atoms with Crippen molar-refractivity contribution in [3.05, 3.63) is 0 Å². The van der Waals surface area contributed by atoms with Crippen LogP contribution >= 0.6 is 47.2 Å². The Bertz CT molecular complexity index is 354. The van der Waals surface area contributed by atoms with Crippen molar-refractivity contribution in [1.82, 2.24) is 0 Å². The van der Waals surface area contributed by atoms with Gasteiger partial charge in [0.1, 0.15) is 0 Å². The summed E-state index contributed by atoms with van der Waals surface area (Å²) in [6.07, 6.45) is 25.9. The van der Waals surface area contributed by atoms with Crippen molar-refractivity contribution < 1.29 is 259 Å². The van der Waals surface area contributed by atoms with Crippen molar-refractivity contribution in [3.8, 4) is 0 Å². The van der Waals surface area contributed by atoms with Gasteiger partial charge in [-0.1, -0.05) is 32.7 Å². The second kappa shape index (κ2) is 71.4. The van der Waals surface area contributed by atoms with E-state index in [1.165, 1.54) is 54.6 Å². The number of rotatable bonds is 8. The monoisotopic (exact) mass is 1470 g/mol. The van der Waals surface area contributed by atoms with Gasteiger partial charge >= 0.3 is 0 Å². The summed E-state index contributed by atoms with van der Waals surface area (Å²) in [5.74, 6) is 3.85. The third kappa shape index (κ3) is 85.5. The Balaban J connectivity index is -0.0000000140. The Morgan fingerprint density at radius 2 is 0.828 bits per heavy atom. The fourth-order valence-corrected chi connectivity index (χ4v) is 9.67. The van der Waals surface area contributed by atoms with Gasteiger partial charge in [-0.2, -0.15) is 0 Å². The summed E-state index contributed by atoms with van der Waals surface area (Å²) < 4.78 is 0. The summed E-state index contributed by atoms with van der Waals surface area (Å²) in [4.78, 5) is 0. The zero-order valence-electron chi connectivity index (χ0n) is 18.3. The van der Waals surface area contributed by atoms with Gasteiger partial charge in [0.05, 0.1) is 0 Å². The van der Waals surface area contributed by atoms with E-state index in [0.29, 0.717) is 0 Å². The van der Waals surface area contributed by atoms with E-state index >= 15 is 0 Å². The normalized spacial score (nSPS) is 10.0. The minimum atomic E-state index is -0.294. The van der Waals surface area contributed by atoms with Crippen molar-refractivity contribution in [2.75, 3.05) is 36.7 Å². The first-order valence-corrected chi connectivity index (χ1v) is 17.0. The van der Waals surface area contributed by atoms with E-state index in [1.807, 2.05) is 6.66 Å². The van der Waals surface area contributed by atoms with E-state index in [1.54, 1.807) is 0 Å². The van der Waals surface area contributed by atoms with Crippen LogP contribution in [-0.2, 0) is 259 Å². The van der Waals surface area contributed by atoms with E-state index < -0.39 is 0 Å². The van der Waals surface area contributed by atoms with Crippen LogP contribution in [0.1, 0.15) is 13.8 Å². The zero-order chi connectivity index (χ0) is 16.4. The van der Waals surface area contributed by atoms with Gasteiger partial charge in [0.15, 0.2) is 0 Å². The van der Waals surface area contributed by atoms with Crippen LogP contribution in [0.3, 0.4) is 0 Å². The molecule has 0 saturated carbocycles. The van der Waals surface area contributed by atoms with Crippen LogP contribution in [0.15, 0.2) is 0 Å². The van der Waals surface area contributed by atoms with Gasteiger partial charge in [-0.25, -0.2) is 0 Å². The molecule has 0 aliphatic rings. The van der Waals surface area contributed by atoms with Crippen LogP contribution in [-0.4, -0.2) is 74.5 Å². The molecule has 0 aromatic heterocycles. The van der Waals surface area contributed by atoms with Gasteiger partial charge in [0, 0.05) is 271 Å². The second-order valence-electron chi connectivity index (χ2n) is 4.21. The van der Waals surface area contributed by atoms with Gasteiger partial charge in [-0.15, -0.1) is 66.1 Å². The predicted octanol–water partition coefficient (Wildman–Crippen LogP) is 5.55. The van der Waals surface area contributed by atoms with E-state index in [9.17, 15) is 0 Å². The fraction of sp³-hybridized carbons (Fsp3) is 0.571. The van der Waals surface area contributed by atoms with Crippen molar-refractivity contribution >= 4 is 85.0 Å². The molecule has 0 fully saturated rings. The number of hydrogen-bond acceptors (Lipinski definition) is 0. The van der Waals surface area contributed by atoms with Crippen molar-refractivity contribution in [2.45, 2.75) is 13.8 Å². The molecule has 15 heteroatoms. The first-order chi connectivity index (χ1) is 9.42. The summed E-state index contributed by atoms with van der Waals surface area (Å²) in [6, 6.07) is 0.